The third kappa shape index (κ3) is 3.93. The van der Waals surface area contributed by atoms with Crippen LogP contribution in [0.5, 0.6) is 0 Å². The van der Waals surface area contributed by atoms with Gasteiger partial charge in [0.1, 0.15) is 0 Å². The first kappa shape index (κ1) is 24.4. The molecule has 4 aliphatic rings. The van der Waals surface area contributed by atoms with Crippen LogP contribution < -0.4 is 11.1 Å². The van der Waals surface area contributed by atoms with E-state index in [1.165, 1.54) is 0 Å². The predicted molar refractivity (Wildman–Crippen MR) is 124 cm³/mol. The van der Waals surface area contributed by atoms with Crippen molar-refractivity contribution in [2.75, 3.05) is 13.1 Å². The molecule has 4 fully saturated rings. The Morgan fingerprint density at radius 2 is 1.84 bits per heavy atom. The third-order valence-corrected chi connectivity index (χ3v) is 10.8. The van der Waals surface area contributed by atoms with Crippen molar-refractivity contribution in [3.8, 4) is 0 Å². The number of rotatable bonds is 6. The number of amides is 1. The molecule has 0 bridgehead atoms. The quantitative estimate of drug-likeness (QED) is 0.426. The van der Waals surface area contributed by atoms with Gasteiger partial charge in [-0.1, -0.05) is 20.8 Å². The predicted octanol–water partition coefficient (Wildman–Crippen LogP) is 2.44. The summed E-state index contributed by atoms with van der Waals surface area (Å²) in [6.07, 6.45) is 6.70. The van der Waals surface area contributed by atoms with E-state index >= 15 is 0 Å². The molecule has 184 valence electrons. The summed E-state index contributed by atoms with van der Waals surface area (Å²) in [5, 5.41) is 36.1. The van der Waals surface area contributed by atoms with E-state index in [9.17, 15) is 20.1 Å². The van der Waals surface area contributed by atoms with E-state index in [2.05, 4.69) is 26.1 Å². The SMILES string of the molecule is C[C@H](CCC(=O)NCCN)[C@H]1CC[C@H]2[C@@H]3C(O)CC4CC(O)CC[C@]4(C)[C@H]3CC(O)[C@]12C. The zero-order chi connectivity index (χ0) is 23.3. The van der Waals surface area contributed by atoms with Crippen LogP contribution in [0.2, 0.25) is 0 Å². The van der Waals surface area contributed by atoms with Gasteiger partial charge in [0.05, 0.1) is 18.3 Å². The summed E-state index contributed by atoms with van der Waals surface area (Å²) in [5.74, 6) is 2.03. The highest BCUT2D eigenvalue weighted by Crippen LogP contribution is 2.68. The van der Waals surface area contributed by atoms with Crippen molar-refractivity contribution in [3.05, 3.63) is 0 Å². The average Bonchev–Trinajstić information content (AvgIpc) is 3.11. The molecule has 0 heterocycles. The molecule has 0 radical (unpaired) electrons. The first-order chi connectivity index (χ1) is 15.1. The second-order valence-corrected chi connectivity index (χ2v) is 12.2. The molecule has 0 saturated heterocycles. The first-order valence-corrected chi connectivity index (χ1v) is 13.1. The minimum Gasteiger partial charge on any atom is -0.393 e. The molecule has 6 N–H and O–H groups in total. The highest BCUT2D eigenvalue weighted by molar-refractivity contribution is 5.75. The zero-order valence-corrected chi connectivity index (χ0v) is 20.3. The molecule has 1 amide bonds. The fourth-order valence-electron chi connectivity index (χ4n) is 8.99. The first-order valence-electron chi connectivity index (χ1n) is 13.1. The number of carbonyl (C=O) groups excluding carboxylic acids is 1. The smallest absolute Gasteiger partial charge is 0.220 e. The number of hydrogen-bond acceptors (Lipinski definition) is 5. The number of nitrogens with two attached hydrogens (primary N) is 1. The lowest BCUT2D eigenvalue weighted by Crippen LogP contribution is -2.62. The van der Waals surface area contributed by atoms with Crippen molar-refractivity contribution >= 4 is 5.91 Å². The number of hydrogen-bond donors (Lipinski definition) is 5. The molecule has 0 spiro atoms. The lowest BCUT2D eigenvalue weighted by atomic mass is 9.43. The van der Waals surface area contributed by atoms with Crippen LogP contribution >= 0.6 is 0 Å². The summed E-state index contributed by atoms with van der Waals surface area (Å²) in [4.78, 5) is 12.1. The van der Waals surface area contributed by atoms with Gasteiger partial charge < -0.3 is 26.4 Å². The van der Waals surface area contributed by atoms with Gasteiger partial charge in [0.2, 0.25) is 5.91 Å². The summed E-state index contributed by atoms with van der Waals surface area (Å²) in [6, 6.07) is 0. The molecule has 4 aliphatic carbocycles. The van der Waals surface area contributed by atoms with Crippen LogP contribution in [0.3, 0.4) is 0 Å². The molecule has 0 aromatic rings. The minimum atomic E-state index is -0.371. The van der Waals surface area contributed by atoms with Gasteiger partial charge >= 0.3 is 0 Å². The van der Waals surface area contributed by atoms with Gasteiger partial charge in [0, 0.05) is 19.5 Å². The lowest BCUT2D eigenvalue weighted by molar-refractivity contribution is -0.207. The third-order valence-electron chi connectivity index (χ3n) is 10.8. The van der Waals surface area contributed by atoms with Gasteiger partial charge in [-0.25, -0.2) is 0 Å². The Kier molecular flexibility index (Phi) is 7.00. The van der Waals surface area contributed by atoms with Crippen molar-refractivity contribution < 1.29 is 20.1 Å². The summed E-state index contributed by atoms with van der Waals surface area (Å²) < 4.78 is 0. The molecule has 4 rings (SSSR count). The fraction of sp³-hybridized carbons (Fsp3) is 0.962. The van der Waals surface area contributed by atoms with E-state index in [1.54, 1.807) is 0 Å². The molecule has 4 unspecified atom stereocenters. The lowest BCUT2D eigenvalue weighted by Gasteiger charge is -2.63. The largest absolute Gasteiger partial charge is 0.393 e. The number of aliphatic hydroxyl groups is 3. The van der Waals surface area contributed by atoms with Crippen LogP contribution in [0.4, 0.5) is 0 Å². The maximum Gasteiger partial charge on any atom is 0.220 e. The monoisotopic (exact) mass is 450 g/mol. The van der Waals surface area contributed by atoms with Crippen molar-refractivity contribution in [3.63, 3.8) is 0 Å². The minimum absolute atomic E-state index is 0.0624. The second kappa shape index (κ2) is 9.16. The molecular weight excluding hydrogens is 404 g/mol. The van der Waals surface area contributed by atoms with Gasteiger partial charge in [-0.05, 0) is 97.7 Å². The molecular formula is C26H46N2O4. The van der Waals surface area contributed by atoms with Crippen LogP contribution in [0.25, 0.3) is 0 Å². The van der Waals surface area contributed by atoms with Crippen molar-refractivity contribution in [1.29, 1.82) is 0 Å². The van der Waals surface area contributed by atoms with E-state index in [-0.39, 0.29) is 41.0 Å². The number of nitrogens with one attached hydrogen (secondary N) is 1. The van der Waals surface area contributed by atoms with Gasteiger partial charge in [0.15, 0.2) is 0 Å². The van der Waals surface area contributed by atoms with Crippen molar-refractivity contribution in [2.24, 2.45) is 52.1 Å². The molecule has 11 atom stereocenters. The van der Waals surface area contributed by atoms with E-state index in [1.807, 2.05) is 0 Å². The van der Waals surface area contributed by atoms with Gasteiger partial charge in [0.25, 0.3) is 0 Å². The molecule has 6 nitrogen and oxygen atoms in total. The maximum atomic E-state index is 12.1. The van der Waals surface area contributed by atoms with E-state index in [4.69, 9.17) is 5.73 Å². The summed E-state index contributed by atoms with van der Waals surface area (Å²) in [5.41, 5.74) is 5.39. The molecule has 4 saturated carbocycles. The van der Waals surface area contributed by atoms with Crippen molar-refractivity contribution in [2.45, 2.75) is 96.9 Å². The number of aliphatic hydroxyl groups excluding tert-OH is 3. The second-order valence-electron chi connectivity index (χ2n) is 12.2. The summed E-state index contributed by atoms with van der Waals surface area (Å²) in [7, 11) is 0. The van der Waals surface area contributed by atoms with Crippen LogP contribution in [0, 0.1) is 46.3 Å². The Bertz CT molecular complexity index is 689. The summed E-state index contributed by atoms with van der Waals surface area (Å²) in [6.45, 7) is 7.86. The van der Waals surface area contributed by atoms with E-state index < -0.39 is 0 Å². The molecule has 0 aliphatic heterocycles. The van der Waals surface area contributed by atoms with Gasteiger partial charge in [-0.15, -0.1) is 0 Å². The van der Waals surface area contributed by atoms with Crippen LogP contribution in [-0.2, 0) is 4.79 Å². The number of fused-ring (bicyclic) bond motifs is 5. The van der Waals surface area contributed by atoms with Crippen LogP contribution in [0.1, 0.15) is 78.6 Å². The van der Waals surface area contributed by atoms with Crippen LogP contribution in [-0.4, -0.2) is 52.6 Å². The van der Waals surface area contributed by atoms with E-state index in [0.29, 0.717) is 49.1 Å². The molecule has 0 aromatic heterocycles. The maximum absolute atomic E-state index is 12.1. The zero-order valence-electron chi connectivity index (χ0n) is 20.3. The van der Waals surface area contributed by atoms with Gasteiger partial charge in [-0.3, -0.25) is 4.79 Å². The molecule has 32 heavy (non-hydrogen) atoms. The Hall–Kier alpha value is -0.690. The van der Waals surface area contributed by atoms with Crippen molar-refractivity contribution in [1.82, 2.24) is 5.32 Å². The standard InChI is InChI=1S/C26H46N2O4/c1-15(4-7-23(32)28-11-10-27)18-5-6-19-24-20(14-22(31)26(18,19)3)25(2)9-8-17(29)12-16(25)13-21(24)30/h15-22,24,29-31H,4-14,27H2,1-3H3,(H,28,32)/t15-,16?,17?,18-,19+,20+,21?,22?,24+,25+,26-/m1/s1. The van der Waals surface area contributed by atoms with E-state index in [0.717, 1.165) is 51.4 Å². The van der Waals surface area contributed by atoms with Crippen LogP contribution in [0.15, 0.2) is 0 Å². The molecule has 6 heteroatoms. The Labute approximate surface area is 193 Å². The summed E-state index contributed by atoms with van der Waals surface area (Å²) >= 11 is 0. The highest BCUT2D eigenvalue weighted by Gasteiger charge is 2.65. The normalized spacial score (nSPS) is 49.0. The number of carbonyl (C=O) groups is 1. The Morgan fingerprint density at radius 3 is 2.56 bits per heavy atom. The Morgan fingerprint density at radius 1 is 1.09 bits per heavy atom. The average molecular weight is 451 g/mol. The topological polar surface area (TPSA) is 116 Å². The highest BCUT2D eigenvalue weighted by atomic mass is 16.3. The fourth-order valence-corrected chi connectivity index (χ4v) is 8.99. The van der Waals surface area contributed by atoms with Gasteiger partial charge in [-0.2, -0.15) is 0 Å². The Balaban J connectivity index is 1.51. The molecule has 0 aromatic carbocycles.